The summed E-state index contributed by atoms with van der Waals surface area (Å²) in [4.78, 5) is 19.1. The van der Waals surface area contributed by atoms with Crippen molar-refractivity contribution in [3.05, 3.63) is 42.1 Å². The third kappa shape index (κ3) is 5.65. The van der Waals surface area contributed by atoms with Crippen molar-refractivity contribution < 1.29 is 9.53 Å². The lowest BCUT2D eigenvalue weighted by molar-refractivity contribution is 0.102. The number of carbonyl (C=O) groups is 1. The van der Waals surface area contributed by atoms with E-state index in [-0.39, 0.29) is 30.7 Å². The lowest BCUT2D eigenvalue weighted by Crippen LogP contribution is -2.33. The molecule has 0 radical (unpaired) electrons. The van der Waals surface area contributed by atoms with Crippen LogP contribution in [0.5, 0.6) is 5.75 Å². The standard InChI is InChI=1S/C19H24N4O2.2ClH/c1-13-7-9-23(10-8-13)18-6-3-14(12-21-18)19(24)22-15-4-5-17(25-2)16(20)11-15;;/h3-6,11-13H,7-10,20H2,1-2H3,(H,22,24);2*1H. The van der Waals surface area contributed by atoms with Gasteiger partial charge in [0.05, 0.1) is 18.4 Å². The highest BCUT2D eigenvalue weighted by atomic mass is 35.5. The first kappa shape index (κ1) is 22.9. The number of nitrogens with two attached hydrogens (primary N) is 1. The van der Waals surface area contributed by atoms with E-state index in [1.54, 1.807) is 31.5 Å². The van der Waals surface area contributed by atoms with Crippen molar-refractivity contribution in [3.63, 3.8) is 0 Å². The molecule has 0 spiro atoms. The smallest absolute Gasteiger partial charge is 0.257 e. The van der Waals surface area contributed by atoms with Crippen LogP contribution in [-0.2, 0) is 0 Å². The second-order valence-corrected chi connectivity index (χ2v) is 6.49. The minimum atomic E-state index is -0.212. The molecule has 1 aliphatic heterocycles. The summed E-state index contributed by atoms with van der Waals surface area (Å²) in [7, 11) is 1.56. The van der Waals surface area contributed by atoms with Gasteiger partial charge in [0.1, 0.15) is 11.6 Å². The fourth-order valence-electron chi connectivity index (χ4n) is 2.96. The zero-order valence-corrected chi connectivity index (χ0v) is 17.1. The summed E-state index contributed by atoms with van der Waals surface area (Å²) in [6, 6.07) is 8.87. The number of nitrogens with one attached hydrogen (secondary N) is 1. The third-order valence-electron chi connectivity index (χ3n) is 4.61. The topological polar surface area (TPSA) is 80.5 Å². The molecular formula is C19H26Cl2N4O2. The van der Waals surface area contributed by atoms with E-state index in [0.717, 1.165) is 24.8 Å². The highest BCUT2D eigenvalue weighted by molar-refractivity contribution is 6.04. The Labute approximate surface area is 172 Å². The molecule has 8 heteroatoms. The first-order valence-electron chi connectivity index (χ1n) is 8.52. The van der Waals surface area contributed by atoms with Crippen LogP contribution in [0.2, 0.25) is 0 Å². The van der Waals surface area contributed by atoms with Crippen molar-refractivity contribution in [1.82, 2.24) is 4.98 Å². The monoisotopic (exact) mass is 412 g/mol. The number of hydrogen-bond acceptors (Lipinski definition) is 5. The van der Waals surface area contributed by atoms with E-state index in [2.05, 4.69) is 22.1 Å². The van der Waals surface area contributed by atoms with Gasteiger partial charge in [-0.2, -0.15) is 0 Å². The second kappa shape index (κ2) is 10.2. The summed E-state index contributed by atoms with van der Waals surface area (Å²) in [5.41, 5.74) is 7.48. The molecule has 0 aliphatic carbocycles. The molecule has 0 unspecified atom stereocenters. The van der Waals surface area contributed by atoms with Crippen LogP contribution in [0, 0.1) is 5.92 Å². The van der Waals surface area contributed by atoms with E-state index in [1.807, 2.05) is 12.1 Å². The van der Waals surface area contributed by atoms with Crippen molar-refractivity contribution in [2.45, 2.75) is 19.8 Å². The van der Waals surface area contributed by atoms with Gasteiger partial charge in [-0.1, -0.05) is 6.92 Å². The van der Waals surface area contributed by atoms with E-state index < -0.39 is 0 Å². The number of amides is 1. The Kier molecular flexibility index (Phi) is 8.66. The molecule has 2 heterocycles. The SMILES string of the molecule is COc1ccc(NC(=O)c2ccc(N3CCC(C)CC3)nc2)cc1N.Cl.Cl. The normalized spacial score (nSPS) is 13.9. The number of anilines is 3. The molecule has 1 saturated heterocycles. The largest absolute Gasteiger partial charge is 0.495 e. The van der Waals surface area contributed by atoms with Gasteiger partial charge in [0, 0.05) is 25.0 Å². The maximum atomic E-state index is 12.4. The average Bonchev–Trinajstić information content (AvgIpc) is 2.63. The van der Waals surface area contributed by atoms with E-state index in [9.17, 15) is 4.79 Å². The van der Waals surface area contributed by atoms with Gasteiger partial charge in [-0.3, -0.25) is 4.79 Å². The van der Waals surface area contributed by atoms with Crippen LogP contribution in [0.25, 0.3) is 0 Å². The minimum Gasteiger partial charge on any atom is -0.495 e. The zero-order valence-electron chi connectivity index (χ0n) is 15.5. The van der Waals surface area contributed by atoms with E-state index in [4.69, 9.17) is 10.5 Å². The Morgan fingerprint density at radius 3 is 2.48 bits per heavy atom. The summed E-state index contributed by atoms with van der Waals surface area (Å²) in [6.45, 7) is 4.32. The molecule has 2 aromatic rings. The molecule has 1 amide bonds. The minimum absolute atomic E-state index is 0. The molecule has 0 saturated carbocycles. The third-order valence-corrected chi connectivity index (χ3v) is 4.61. The average molecular weight is 413 g/mol. The van der Waals surface area contributed by atoms with Gasteiger partial charge in [-0.25, -0.2) is 4.98 Å². The Morgan fingerprint density at radius 2 is 1.93 bits per heavy atom. The van der Waals surface area contributed by atoms with Crippen LogP contribution in [0.15, 0.2) is 36.5 Å². The van der Waals surface area contributed by atoms with Gasteiger partial charge < -0.3 is 20.7 Å². The molecule has 1 fully saturated rings. The molecule has 3 rings (SSSR count). The Morgan fingerprint density at radius 1 is 1.22 bits per heavy atom. The first-order chi connectivity index (χ1) is 12.1. The van der Waals surface area contributed by atoms with Gasteiger partial charge in [-0.05, 0) is 49.1 Å². The number of carbonyl (C=O) groups excluding carboxylic acids is 1. The highest BCUT2D eigenvalue weighted by Gasteiger charge is 2.17. The number of hydrogen-bond donors (Lipinski definition) is 2. The van der Waals surface area contributed by atoms with E-state index >= 15 is 0 Å². The van der Waals surface area contributed by atoms with Gasteiger partial charge in [0.25, 0.3) is 5.91 Å². The number of benzene rings is 1. The van der Waals surface area contributed by atoms with Crippen molar-refractivity contribution >= 4 is 47.9 Å². The summed E-state index contributed by atoms with van der Waals surface area (Å²) in [6.07, 6.45) is 3.99. The summed E-state index contributed by atoms with van der Waals surface area (Å²) < 4.78 is 5.11. The molecular weight excluding hydrogens is 387 g/mol. The van der Waals surface area contributed by atoms with Gasteiger partial charge in [-0.15, -0.1) is 24.8 Å². The number of ether oxygens (including phenoxy) is 1. The Hall–Kier alpha value is -2.18. The highest BCUT2D eigenvalue weighted by Crippen LogP contribution is 2.25. The van der Waals surface area contributed by atoms with Crippen LogP contribution < -0.4 is 20.7 Å². The number of halogens is 2. The van der Waals surface area contributed by atoms with Crippen molar-refractivity contribution in [2.24, 2.45) is 5.92 Å². The second-order valence-electron chi connectivity index (χ2n) is 6.49. The number of methoxy groups -OCH3 is 1. The van der Waals surface area contributed by atoms with E-state index in [0.29, 0.717) is 22.7 Å². The fourth-order valence-corrected chi connectivity index (χ4v) is 2.96. The van der Waals surface area contributed by atoms with Crippen molar-refractivity contribution in [3.8, 4) is 5.75 Å². The number of pyridine rings is 1. The Bertz CT molecular complexity index is 748. The summed E-state index contributed by atoms with van der Waals surface area (Å²) in [5, 5.41) is 2.83. The molecule has 3 N–H and O–H groups in total. The number of nitrogens with zero attached hydrogens (tertiary/aromatic N) is 2. The molecule has 1 aliphatic rings. The van der Waals surface area contributed by atoms with Crippen LogP contribution in [0.1, 0.15) is 30.1 Å². The lowest BCUT2D eigenvalue weighted by Gasteiger charge is -2.31. The van der Waals surface area contributed by atoms with Crippen molar-refractivity contribution in [1.29, 1.82) is 0 Å². The molecule has 0 bridgehead atoms. The quantitative estimate of drug-likeness (QED) is 0.741. The van der Waals surface area contributed by atoms with Crippen LogP contribution in [0.4, 0.5) is 17.2 Å². The number of aromatic nitrogens is 1. The van der Waals surface area contributed by atoms with Gasteiger partial charge in [0.2, 0.25) is 0 Å². The van der Waals surface area contributed by atoms with E-state index in [1.165, 1.54) is 12.8 Å². The molecule has 148 valence electrons. The molecule has 1 aromatic heterocycles. The maximum absolute atomic E-state index is 12.4. The molecule has 6 nitrogen and oxygen atoms in total. The first-order valence-corrected chi connectivity index (χ1v) is 8.52. The number of rotatable bonds is 4. The molecule has 0 atom stereocenters. The number of nitrogen functional groups attached to an aromatic ring is 1. The Balaban J connectivity index is 0.00000182. The lowest BCUT2D eigenvalue weighted by atomic mass is 9.99. The maximum Gasteiger partial charge on any atom is 0.257 e. The van der Waals surface area contributed by atoms with Crippen LogP contribution in [0.3, 0.4) is 0 Å². The summed E-state index contributed by atoms with van der Waals surface area (Å²) >= 11 is 0. The van der Waals surface area contributed by atoms with Gasteiger partial charge in [0.15, 0.2) is 0 Å². The molecule has 1 aromatic carbocycles. The van der Waals surface area contributed by atoms with Crippen LogP contribution >= 0.6 is 24.8 Å². The fraction of sp³-hybridized carbons (Fsp3) is 0.368. The van der Waals surface area contributed by atoms with Crippen molar-refractivity contribution in [2.75, 3.05) is 36.1 Å². The molecule has 27 heavy (non-hydrogen) atoms. The van der Waals surface area contributed by atoms with Crippen LogP contribution in [-0.4, -0.2) is 31.1 Å². The predicted octanol–water partition coefficient (Wildman–Crippen LogP) is 4.00. The van der Waals surface area contributed by atoms with Gasteiger partial charge >= 0.3 is 0 Å². The summed E-state index contributed by atoms with van der Waals surface area (Å²) in [5.74, 6) is 2.08. The predicted molar refractivity (Wildman–Crippen MR) is 115 cm³/mol. The zero-order chi connectivity index (χ0) is 17.8. The number of piperidine rings is 1.